The van der Waals surface area contributed by atoms with E-state index in [9.17, 15) is 59.4 Å². The molecular weight excluding hydrogens is 506 g/mol. The van der Waals surface area contributed by atoms with E-state index in [0.29, 0.717) is 0 Å². The van der Waals surface area contributed by atoms with Crippen LogP contribution in [0, 0.1) is 0 Å². The molecule has 0 bridgehead atoms. The van der Waals surface area contributed by atoms with Crippen molar-refractivity contribution in [3.63, 3.8) is 0 Å². The van der Waals surface area contributed by atoms with E-state index in [1.165, 1.54) is 0 Å². The zero-order valence-electron chi connectivity index (χ0n) is 10.7. The Morgan fingerprint density at radius 3 is 0.478 bits per heavy atom. The van der Waals surface area contributed by atoms with Gasteiger partial charge in [0, 0.05) is 55.1 Å². The van der Waals surface area contributed by atoms with Crippen molar-refractivity contribution in [1.29, 1.82) is 0 Å². The van der Waals surface area contributed by atoms with Crippen LogP contribution >= 0.6 is 0 Å². The third-order valence-electron chi connectivity index (χ3n) is 0.866. The van der Waals surface area contributed by atoms with Crippen molar-refractivity contribution in [3.8, 4) is 0 Å². The van der Waals surface area contributed by atoms with Gasteiger partial charge >= 0.3 is 39.0 Å². The smallest absolute Gasteiger partial charge is 0.550 e. The van der Waals surface area contributed by atoms with Gasteiger partial charge in [-0.05, 0) is 0 Å². The minimum atomic E-state index is -1.63. The molecule has 0 atom stereocenters. The van der Waals surface area contributed by atoms with E-state index in [4.69, 9.17) is 0 Å². The Bertz CT molecular complexity index is 321. The molecule has 0 heterocycles. The molecule has 23 heavy (non-hydrogen) atoms. The van der Waals surface area contributed by atoms with Gasteiger partial charge in [0.05, 0.1) is 0 Å². The van der Waals surface area contributed by atoms with Crippen molar-refractivity contribution < 1.29 is 98.4 Å². The fourth-order valence-corrected chi connectivity index (χ4v) is 0.354. The number of hydrogen-bond donors (Lipinski definition) is 0. The third-order valence-corrected chi connectivity index (χ3v) is 0.866. The molecule has 0 amide bonds. The first-order valence-corrected chi connectivity index (χ1v) is 4.57. The fraction of sp³-hybridized carbons (Fsp3) is 0.333. The van der Waals surface area contributed by atoms with Gasteiger partial charge in [-0.2, -0.15) is 0 Å². The largest absolute Gasteiger partial charge is 3.00 e. The van der Waals surface area contributed by atoms with Crippen LogP contribution in [0.4, 0.5) is 0 Å². The Morgan fingerprint density at radius 1 is 0.391 bits per heavy atom. The van der Waals surface area contributed by atoms with Crippen LogP contribution in [-0.2, 0) is 67.7 Å². The summed E-state index contributed by atoms with van der Waals surface area (Å²) in [5.74, 6) is -9.75. The summed E-state index contributed by atoms with van der Waals surface area (Å²) in [7, 11) is 0. The van der Waals surface area contributed by atoms with Crippen LogP contribution < -0.4 is 30.6 Å². The van der Waals surface area contributed by atoms with Gasteiger partial charge in [0.15, 0.2) is 0 Å². The molecule has 132 valence electrons. The van der Waals surface area contributed by atoms with Crippen LogP contribution in [0.2, 0.25) is 0 Å². The molecule has 14 heteroatoms. The maximum Gasteiger partial charge on any atom is 3.00 e. The van der Waals surface area contributed by atoms with Gasteiger partial charge in [-0.25, -0.2) is 0 Å². The van der Waals surface area contributed by atoms with Crippen LogP contribution in [0.25, 0.3) is 0 Å². The summed E-state index contributed by atoms with van der Waals surface area (Å²) in [5.41, 5.74) is 0. The zero-order chi connectivity index (χ0) is 17.6. The van der Waals surface area contributed by atoms with E-state index < -0.39 is 55.1 Å². The van der Waals surface area contributed by atoms with Crippen molar-refractivity contribution >= 4 is 35.8 Å². The molecule has 0 radical (unpaired) electrons. The van der Waals surface area contributed by atoms with Crippen LogP contribution in [0.5, 0.6) is 0 Å². The van der Waals surface area contributed by atoms with E-state index in [1.54, 1.807) is 0 Å². The SMILES string of the molecule is O=C([O-])CC(=O)[O-].O=C([O-])CC(=O)[O-].O=C([O-])CC(=O)[O-].[Rh+3].[Rh+3]. The Hall–Kier alpha value is -1.93. The molecule has 0 fully saturated rings. The number of carboxylic acid groups (broad SMARTS) is 6. The Labute approximate surface area is 153 Å². The number of aliphatic carboxylic acids is 6. The predicted molar refractivity (Wildman–Crippen MR) is 43.9 cm³/mol. The van der Waals surface area contributed by atoms with Crippen LogP contribution in [0.3, 0.4) is 0 Å². The molecule has 0 rings (SSSR count). The molecule has 0 N–H and O–H groups in total. The molecule has 0 unspecified atom stereocenters. The second kappa shape index (κ2) is 20.1. The zero-order valence-corrected chi connectivity index (χ0v) is 14.0. The Kier molecular flexibility index (Phi) is 28.7. The molecule has 12 nitrogen and oxygen atoms in total. The first kappa shape index (κ1) is 32.9. The molecular formula is C9H6O12Rh2. The van der Waals surface area contributed by atoms with Gasteiger partial charge in [0.25, 0.3) is 0 Å². The van der Waals surface area contributed by atoms with Crippen molar-refractivity contribution in [1.82, 2.24) is 0 Å². The number of hydrogen-bond acceptors (Lipinski definition) is 12. The van der Waals surface area contributed by atoms with Gasteiger partial charge in [0.1, 0.15) is 0 Å². The number of rotatable bonds is 6. The molecule has 0 aliphatic carbocycles. The average Bonchev–Trinajstić information content (AvgIpc) is 2.10. The molecule has 0 aromatic rings. The summed E-state index contributed by atoms with van der Waals surface area (Å²) in [6, 6.07) is 0. The first-order chi connectivity index (χ1) is 9.38. The quantitative estimate of drug-likeness (QED) is 0.238. The fourth-order valence-electron chi connectivity index (χ4n) is 0.354. The Balaban J connectivity index is -0.0000000675. The third kappa shape index (κ3) is 64.6. The van der Waals surface area contributed by atoms with Gasteiger partial charge < -0.3 is 59.4 Å². The topological polar surface area (TPSA) is 241 Å². The molecule has 0 aliphatic rings. The summed E-state index contributed by atoms with van der Waals surface area (Å²) in [5, 5.41) is 55.7. The van der Waals surface area contributed by atoms with Crippen molar-refractivity contribution in [2.75, 3.05) is 0 Å². The van der Waals surface area contributed by atoms with E-state index in [0.717, 1.165) is 0 Å². The van der Waals surface area contributed by atoms with Crippen LogP contribution in [0.15, 0.2) is 0 Å². The monoisotopic (exact) mass is 512 g/mol. The molecule has 0 aromatic carbocycles. The van der Waals surface area contributed by atoms with Gasteiger partial charge in [-0.1, -0.05) is 0 Å². The minimum absolute atomic E-state index is 0. The maximum absolute atomic E-state index is 9.28. The van der Waals surface area contributed by atoms with Crippen LogP contribution in [0.1, 0.15) is 19.3 Å². The first-order valence-electron chi connectivity index (χ1n) is 4.57. The summed E-state index contributed by atoms with van der Waals surface area (Å²) >= 11 is 0. The summed E-state index contributed by atoms with van der Waals surface area (Å²) < 4.78 is 0. The van der Waals surface area contributed by atoms with Crippen molar-refractivity contribution in [2.45, 2.75) is 19.3 Å². The van der Waals surface area contributed by atoms with Crippen molar-refractivity contribution in [3.05, 3.63) is 0 Å². The second-order valence-electron chi connectivity index (χ2n) is 2.76. The number of carbonyl (C=O) groups is 6. The molecule has 0 spiro atoms. The number of carbonyl (C=O) groups excluding carboxylic acids is 6. The van der Waals surface area contributed by atoms with Gasteiger partial charge in [0.2, 0.25) is 0 Å². The predicted octanol–water partition coefficient (Wildman–Crippen LogP) is -9.38. The van der Waals surface area contributed by atoms with E-state index in [1.807, 2.05) is 0 Å². The maximum atomic E-state index is 9.28. The van der Waals surface area contributed by atoms with Crippen molar-refractivity contribution in [2.24, 2.45) is 0 Å². The average molecular weight is 512 g/mol. The standard InChI is InChI=1S/3C3H4O4.2Rh/c3*4-2(5)1-3(6)7;;/h3*1H2,(H,4,5)(H,6,7);;/q;;;2*+3/p-6. The summed E-state index contributed by atoms with van der Waals surface area (Å²) in [4.78, 5) is 55.7. The number of carboxylic acids is 6. The van der Waals surface area contributed by atoms with E-state index in [-0.39, 0.29) is 39.0 Å². The van der Waals surface area contributed by atoms with Gasteiger partial charge in [-0.15, -0.1) is 0 Å². The molecule has 0 aliphatic heterocycles. The van der Waals surface area contributed by atoms with E-state index in [2.05, 4.69) is 0 Å². The molecule has 0 saturated heterocycles. The molecule has 0 saturated carbocycles. The minimum Gasteiger partial charge on any atom is -0.550 e. The van der Waals surface area contributed by atoms with Gasteiger partial charge in [-0.3, -0.25) is 0 Å². The summed E-state index contributed by atoms with van der Waals surface area (Å²) in [6.07, 6.45) is -3.08. The Morgan fingerprint density at radius 2 is 0.478 bits per heavy atom. The molecule has 0 aromatic heterocycles. The van der Waals surface area contributed by atoms with E-state index >= 15 is 0 Å². The normalized spacial score (nSPS) is 7.30. The summed E-state index contributed by atoms with van der Waals surface area (Å²) in [6.45, 7) is 0. The van der Waals surface area contributed by atoms with Crippen LogP contribution in [-0.4, -0.2) is 35.8 Å². The second-order valence-corrected chi connectivity index (χ2v) is 2.76.